The summed E-state index contributed by atoms with van der Waals surface area (Å²) in [5.41, 5.74) is 0.752. The van der Waals surface area contributed by atoms with Crippen LogP contribution in [-0.4, -0.2) is 21.4 Å². The van der Waals surface area contributed by atoms with Gasteiger partial charge in [0.15, 0.2) is 5.76 Å². The number of para-hydroxylation sites is 1. The lowest BCUT2D eigenvalue weighted by Crippen LogP contribution is -2.22. The van der Waals surface area contributed by atoms with Gasteiger partial charge < -0.3 is 14.2 Å². The monoisotopic (exact) mass is 315 g/mol. The van der Waals surface area contributed by atoms with Gasteiger partial charge in [0.05, 0.1) is 11.5 Å². The summed E-state index contributed by atoms with van der Waals surface area (Å²) in [5.74, 6) is 0.665. The maximum absolute atomic E-state index is 12.1. The van der Waals surface area contributed by atoms with E-state index in [1.54, 1.807) is 19.1 Å². The number of anilines is 1. The van der Waals surface area contributed by atoms with E-state index in [-0.39, 0.29) is 11.2 Å². The topological polar surface area (TPSA) is 81.2 Å². The molecule has 0 bridgehead atoms. The van der Waals surface area contributed by atoms with E-state index < -0.39 is 0 Å². The molecule has 0 aliphatic carbocycles. The Balaban J connectivity index is 1.62. The first kappa shape index (κ1) is 14.4. The zero-order chi connectivity index (χ0) is 15.4. The third-order valence-corrected chi connectivity index (χ3v) is 3.76. The summed E-state index contributed by atoms with van der Waals surface area (Å²) in [7, 11) is 0. The number of nitrogens with zero attached hydrogens (tertiary/aromatic N) is 2. The van der Waals surface area contributed by atoms with Crippen molar-refractivity contribution in [1.29, 1.82) is 0 Å². The standard InChI is InChI=1S/C15H13N3O3S/c1-10(13(19)16-11-6-3-2-4-7-11)22-15-18-17-14(21-15)12-8-5-9-20-12/h2-10H,1H3,(H,16,19)/t10-/m0/s1. The summed E-state index contributed by atoms with van der Waals surface area (Å²) in [5, 5.41) is 10.6. The van der Waals surface area contributed by atoms with E-state index in [2.05, 4.69) is 15.5 Å². The average molecular weight is 315 g/mol. The number of hydrogen-bond donors (Lipinski definition) is 1. The zero-order valence-electron chi connectivity index (χ0n) is 11.7. The van der Waals surface area contributed by atoms with Gasteiger partial charge in [0, 0.05) is 5.69 Å². The van der Waals surface area contributed by atoms with E-state index in [1.807, 2.05) is 30.3 Å². The van der Waals surface area contributed by atoms with Gasteiger partial charge in [-0.05, 0) is 31.2 Å². The molecule has 1 N–H and O–H groups in total. The van der Waals surface area contributed by atoms with Crippen LogP contribution in [0.25, 0.3) is 11.7 Å². The molecule has 3 rings (SSSR count). The molecule has 2 heterocycles. The minimum atomic E-state index is -0.370. The molecule has 0 radical (unpaired) electrons. The lowest BCUT2D eigenvalue weighted by molar-refractivity contribution is -0.115. The fourth-order valence-electron chi connectivity index (χ4n) is 1.73. The van der Waals surface area contributed by atoms with Crippen LogP contribution < -0.4 is 5.32 Å². The molecule has 1 amide bonds. The lowest BCUT2D eigenvalue weighted by atomic mass is 10.3. The van der Waals surface area contributed by atoms with Crippen LogP contribution in [0.3, 0.4) is 0 Å². The van der Waals surface area contributed by atoms with Crippen molar-refractivity contribution in [3.05, 3.63) is 48.7 Å². The highest BCUT2D eigenvalue weighted by atomic mass is 32.2. The molecule has 22 heavy (non-hydrogen) atoms. The summed E-state index contributed by atoms with van der Waals surface area (Å²) in [6.07, 6.45) is 1.53. The smallest absolute Gasteiger partial charge is 0.284 e. The second-order valence-electron chi connectivity index (χ2n) is 4.47. The molecule has 7 heteroatoms. The molecule has 2 aromatic heterocycles. The minimum absolute atomic E-state index is 0.131. The average Bonchev–Trinajstić information content (AvgIpc) is 3.19. The third kappa shape index (κ3) is 3.37. The predicted octanol–water partition coefficient (Wildman–Crippen LogP) is 3.45. The molecule has 0 aliphatic heterocycles. The van der Waals surface area contributed by atoms with Crippen LogP contribution in [0.15, 0.2) is 62.8 Å². The number of aromatic nitrogens is 2. The van der Waals surface area contributed by atoms with Crippen LogP contribution in [-0.2, 0) is 4.79 Å². The largest absolute Gasteiger partial charge is 0.459 e. The van der Waals surface area contributed by atoms with Crippen molar-refractivity contribution in [3.8, 4) is 11.7 Å². The molecular formula is C15H13N3O3S. The van der Waals surface area contributed by atoms with Gasteiger partial charge in [0.25, 0.3) is 11.1 Å². The van der Waals surface area contributed by atoms with Gasteiger partial charge in [-0.15, -0.1) is 10.2 Å². The second kappa shape index (κ2) is 6.48. The molecule has 0 fully saturated rings. The molecule has 0 saturated heterocycles. The van der Waals surface area contributed by atoms with Gasteiger partial charge in [-0.3, -0.25) is 4.79 Å². The highest BCUT2D eigenvalue weighted by Crippen LogP contribution is 2.26. The first-order valence-electron chi connectivity index (χ1n) is 6.62. The van der Waals surface area contributed by atoms with Gasteiger partial charge in [0.1, 0.15) is 0 Å². The van der Waals surface area contributed by atoms with Crippen molar-refractivity contribution in [2.75, 3.05) is 5.32 Å². The summed E-state index contributed by atoms with van der Waals surface area (Å²) in [4.78, 5) is 12.1. The van der Waals surface area contributed by atoms with Crippen LogP contribution >= 0.6 is 11.8 Å². The Morgan fingerprint density at radius 3 is 2.73 bits per heavy atom. The van der Waals surface area contributed by atoms with Gasteiger partial charge in [-0.2, -0.15) is 0 Å². The zero-order valence-corrected chi connectivity index (χ0v) is 12.5. The van der Waals surface area contributed by atoms with E-state index in [0.717, 1.165) is 5.69 Å². The Labute approximate surface area is 130 Å². The number of amides is 1. The van der Waals surface area contributed by atoms with Crippen LogP contribution in [0, 0.1) is 0 Å². The van der Waals surface area contributed by atoms with E-state index >= 15 is 0 Å². The fourth-order valence-corrected chi connectivity index (χ4v) is 2.41. The summed E-state index contributed by atoms with van der Waals surface area (Å²) in [6.45, 7) is 1.78. The first-order valence-corrected chi connectivity index (χ1v) is 7.50. The highest BCUT2D eigenvalue weighted by molar-refractivity contribution is 8.00. The Bertz CT molecular complexity index is 741. The predicted molar refractivity (Wildman–Crippen MR) is 82.4 cm³/mol. The van der Waals surface area contributed by atoms with Crippen molar-refractivity contribution in [2.45, 2.75) is 17.4 Å². The normalized spacial score (nSPS) is 12.0. The number of furan rings is 1. The molecule has 0 aliphatic rings. The van der Waals surface area contributed by atoms with E-state index in [9.17, 15) is 4.79 Å². The number of benzene rings is 1. The molecule has 1 aromatic carbocycles. The molecule has 0 saturated carbocycles. The summed E-state index contributed by atoms with van der Waals surface area (Å²) in [6, 6.07) is 12.7. The number of rotatable bonds is 5. The quantitative estimate of drug-likeness (QED) is 0.726. The number of carbonyl (C=O) groups excluding carboxylic acids is 1. The molecule has 1 atom stereocenters. The van der Waals surface area contributed by atoms with Gasteiger partial charge >= 0.3 is 0 Å². The minimum Gasteiger partial charge on any atom is -0.459 e. The van der Waals surface area contributed by atoms with Crippen molar-refractivity contribution < 1.29 is 13.6 Å². The van der Waals surface area contributed by atoms with Crippen molar-refractivity contribution in [3.63, 3.8) is 0 Å². The van der Waals surface area contributed by atoms with Gasteiger partial charge in [0.2, 0.25) is 5.91 Å². The third-order valence-electron chi connectivity index (χ3n) is 2.83. The van der Waals surface area contributed by atoms with Gasteiger partial charge in [-0.1, -0.05) is 30.0 Å². The highest BCUT2D eigenvalue weighted by Gasteiger charge is 2.19. The van der Waals surface area contributed by atoms with E-state index in [1.165, 1.54) is 18.0 Å². The number of thioether (sulfide) groups is 1. The maximum Gasteiger partial charge on any atom is 0.284 e. The Kier molecular flexibility index (Phi) is 4.24. The number of carbonyl (C=O) groups is 1. The second-order valence-corrected chi connectivity index (χ2v) is 5.76. The van der Waals surface area contributed by atoms with Crippen LogP contribution in [0.4, 0.5) is 5.69 Å². The Hall–Kier alpha value is -2.54. The first-order chi connectivity index (χ1) is 10.7. The Morgan fingerprint density at radius 2 is 2.00 bits per heavy atom. The molecule has 3 aromatic rings. The van der Waals surface area contributed by atoms with Crippen molar-refractivity contribution in [2.24, 2.45) is 0 Å². The van der Waals surface area contributed by atoms with E-state index in [0.29, 0.717) is 16.9 Å². The van der Waals surface area contributed by atoms with Crippen LogP contribution in [0.1, 0.15) is 6.92 Å². The Morgan fingerprint density at radius 1 is 1.18 bits per heavy atom. The van der Waals surface area contributed by atoms with Crippen LogP contribution in [0.2, 0.25) is 0 Å². The van der Waals surface area contributed by atoms with Crippen LogP contribution in [0.5, 0.6) is 0 Å². The number of nitrogens with one attached hydrogen (secondary N) is 1. The molecule has 112 valence electrons. The molecule has 0 unspecified atom stereocenters. The van der Waals surface area contributed by atoms with E-state index in [4.69, 9.17) is 8.83 Å². The summed E-state index contributed by atoms with van der Waals surface area (Å²) < 4.78 is 10.6. The maximum atomic E-state index is 12.1. The molecule has 0 spiro atoms. The van der Waals surface area contributed by atoms with Crippen molar-refractivity contribution in [1.82, 2.24) is 10.2 Å². The number of hydrogen-bond acceptors (Lipinski definition) is 6. The molecule has 6 nitrogen and oxygen atoms in total. The molecular weight excluding hydrogens is 302 g/mol. The van der Waals surface area contributed by atoms with Gasteiger partial charge in [-0.25, -0.2) is 0 Å². The fraction of sp³-hybridized carbons (Fsp3) is 0.133. The summed E-state index contributed by atoms with van der Waals surface area (Å²) >= 11 is 1.20. The van der Waals surface area contributed by atoms with Crippen molar-refractivity contribution >= 4 is 23.4 Å². The lowest BCUT2D eigenvalue weighted by Gasteiger charge is -2.09. The SMILES string of the molecule is C[C@H](Sc1nnc(-c2ccco2)o1)C(=O)Nc1ccccc1.